The molecule has 0 aromatic carbocycles. The first-order valence-corrected chi connectivity index (χ1v) is 5.24. The van der Waals surface area contributed by atoms with Gasteiger partial charge in [-0.3, -0.25) is 9.48 Å². The summed E-state index contributed by atoms with van der Waals surface area (Å²) in [6.07, 6.45) is 1.77. The van der Waals surface area contributed by atoms with E-state index in [1.807, 2.05) is 27.7 Å². The first-order chi connectivity index (χ1) is 7.14. The Morgan fingerprint density at radius 2 is 2.00 bits per heavy atom. The fourth-order valence-corrected chi connectivity index (χ4v) is 1.05. The highest BCUT2D eigenvalue weighted by molar-refractivity contribution is 5.94. The van der Waals surface area contributed by atoms with Crippen LogP contribution >= 0.6 is 0 Å². The first-order valence-electron chi connectivity index (χ1n) is 5.24. The number of anilines is 1. The van der Waals surface area contributed by atoms with Crippen molar-refractivity contribution in [2.75, 3.05) is 5.32 Å². The quantitative estimate of drug-likeness (QED) is 0.808. The van der Waals surface area contributed by atoms with E-state index in [1.165, 1.54) is 0 Å². The summed E-state index contributed by atoms with van der Waals surface area (Å²) in [4.78, 5) is 12.0. The first kappa shape index (κ1) is 12.7. The second kappa shape index (κ2) is 3.90. The molecule has 5 heteroatoms. The minimum atomic E-state index is -0.662. The molecule has 90 valence electrons. The zero-order chi connectivity index (χ0) is 12.6. The summed E-state index contributed by atoms with van der Waals surface area (Å²) in [6.45, 7) is 7.33. The molecule has 0 aliphatic heterocycles. The van der Waals surface area contributed by atoms with Gasteiger partial charge in [-0.15, -0.1) is 0 Å². The Morgan fingerprint density at radius 1 is 1.44 bits per heavy atom. The van der Waals surface area contributed by atoms with Crippen LogP contribution in [0.25, 0.3) is 0 Å². The molecule has 0 atom stereocenters. The van der Waals surface area contributed by atoms with Crippen molar-refractivity contribution >= 4 is 11.7 Å². The summed E-state index contributed by atoms with van der Waals surface area (Å²) < 4.78 is 1.64. The van der Waals surface area contributed by atoms with E-state index in [0.29, 0.717) is 5.82 Å². The maximum atomic E-state index is 12.0. The van der Waals surface area contributed by atoms with Crippen molar-refractivity contribution in [3.8, 4) is 0 Å². The average molecular weight is 224 g/mol. The fraction of sp³-hybridized carbons (Fsp3) is 0.636. The van der Waals surface area contributed by atoms with Gasteiger partial charge in [0.2, 0.25) is 5.91 Å². The number of nitrogens with one attached hydrogen (secondary N) is 1. The fourth-order valence-electron chi connectivity index (χ4n) is 1.05. The molecule has 1 heterocycles. The maximum Gasteiger partial charge on any atom is 0.233 e. The lowest BCUT2D eigenvalue weighted by Crippen LogP contribution is -2.53. The van der Waals surface area contributed by atoms with Gasteiger partial charge < -0.3 is 11.1 Å². The third kappa shape index (κ3) is 2.41. The van der Waals surface area contributed by atoms with Crippen molar-refractivity contribution in [1.82, 2.24) is 9.78 Å². The largest absolute Gasteiger partial charge is 0.325 e. The molecule has 0 bridgehead atoms. The highest BCUT2D eigenvalue weighted by Crippen LogP contribution is 2.29. The van der Waals surface area contributed by atoms with Gasteiger partial charge in [-0.25, -0.2) is 0 Å². The van der Waals surface area contributed by atoms with Crippen molar-refractivity contribution in [3.63, 3.8) is 0 Å². The number of rotatable bonds is 3. The van der Waals surface area contributed by atoms with E-state index in [2.05, 4.69) is 10.4 Å². The Balaban J connectivity index is 2.80. The monoisotopic (exact) mass is 224 g/mol. The summed E-state index contributed by atoms with van der Waals surface area (Å²) in [5.41, 5.74) is 4.73. The average Bonchev–Trinajstić information content (AvgIpc) is 2.49. The number of hydrogen-bond acceptors (Lipinski definition) is 3. The summed E-state index contributed by atoms with van der Waals surface area (Å²) in [5, 5.41) is 6.85. The number of hydrogen-bond donors (Lipinski definition) is 2. The molecule has 0 aliphatic rings. The van der Waals surface area contributed by atoms with Gasteiger partial charge in [0.25, 0.3) is 0 Å². The Kier molecular flexibility index (Phi) is 3.10. The van der Waals surface area contributed by atoms with E-state index >= 15 is 0 Å². The molecular weight excluding hydrogens is 204 g/mol. The molecule has 1 rings (SSSR count). The van der Waals surface area contributed by atoms with Crippen LogP contribution in [0.3, 0.4) is 0 Å². The Labute approximate surface area is 96.0 Å². The molecule has 1 aromatic heterocycles. The zero-order valence-electron chi connectivity index (χ0n) is 10.5. The van der Waals surface area contributed by atoms with Gasteiger partial charge in [0.1, 0.15) is 0 Å². The summed E-state index contributed by atoms with van der Waals surface area (Å²) in [5.74, 6) is 0.420. The SMILES string of the molecule is Cn1ccc(NC(=O)C(C)(C)C(C)(C)N)n1. The molecule has 0 spiro atoms. The predicted octanol–water partition coefficient (Wildman–Crippen LogP) is 1.12. The zero-order valence-corrected chi connectivity index (χ0v) is 10.5. The molecule has 5 nitrogen and oxygen atoms in total. The molecule has 1 amide bonds. The van der Waals surface area contributed by atoms with Gasteiger partial charge in [0, 0.05) is 24.8 Å². The van der Waals surface area contributed by atoms with Gasteiger partial charge >= 0.3 is 0 Å². The molecule has 0 aliphatic carbocycles. The second-order valence-electron chi connectivity index (χ2n) is 5.18. The van der Waals surface area contributed by atoms with Crippen LogP contribution < -0.4 is 11.1 Å². The Bertz CT molecular complexity index is 387. The number of amides is 1. The molecule has 0 saturated heterocycles. The highest BCUT2D eigenvalue weighted by atomic mass is 16.2. The number of carbonyl (C=O) groups excluding carboxylic acids is 1. The standard InChI is InChI=1S/C11H20N4O/c1-10(2,11(3,4)12)9(16)13-8-6-7-15(5)14-8/h6-7H,12H2,1-5H3,(H,13,14,16). The summed E-state index contributed by atoms with van der Waals surface area (Å²) in [6, 6.07) is 1.75. The minimum absolute atomic E-state index is 0.126. The van der Waals surface area contributed by atoms with Gasteiger partial charge in [-0.2, -0.15) is 5.10 Å². The van der Waals surface area contributed by atoms with E-state index in [-0.39, 0.29) is 5.91 Å². The van der Waals surface area contributed by atoms with Gasteiger partial charge in [-0.1, -0.05) is 0 Å². The van der Waals surface area contributed by atoms with E-state index < -0.39 is 11.0 Å². The third-order valence-corrected chi connectivity index (χ3v) is 3.13. The van der Waals surface area contributed by atoms with Crippen molar-refractivity contribution in [1.29, 1.82) is 0 Å². The lowest BCUT2D eigenvalue weighted by Gasteiger charge is -2.36. The predicted molar refractivity (Wildman–Crippen MR) is 63.9 cm³/mol. The smallest absolute Gasteiger partial charge is 0.233 e. The van der Waals surface area contributed by atoms with Crippen molar-refractivity contribution in [2.45, 2.75) is 33.2 Å². The molecule has 3 N–H and O–H groups in total. The molecule has 0 fully saturated rings. The van der Waals surface area contributed by atoms with E-state index in [1.54, 1.807) is 24.0 Å². The van der Waals surface area contributed by atoms with E-state index in [9.17, 15) is 4.79 Å². The number of aryl methyl sites for hydroxylation is 1. The minimum Gasteiger partial charge on any atom is -0.325 e. The topological polar surface area (TPSA) is 72.9 Å². The van der Waals surface area contributed by atoms with E-state index in [0.717, 1.165) is 0 Å². The maximum absolute atomic E-state index is 12.0. The van der Waals surface area contributed by atoms with Crippen LogP contribution in [0, 0.1) is 5.41 Å². The van der Waals surface area contributed by atoms with Crippen LogP contribution in [0.5, 0.6) is 0 Å². The van der Waals surface area contributed by atoms with Crippen molar-refractivity contribution in [2.24, 2.45) is 18.2 Å². The molecule has 16 heavy (non-hydrogen) atoms. The van der Waals surface area contributed by atoms with Crippen molar-refractivity contribution in [3.05, 3.63) is 12.3 Å². The van der Waals surface area contributed by atoms with Crippen molar-refractivity contribution < 1.29 is 4.79 Å². The Morgan fingerprint density at radius 3 is 2.38 bits per heavy atom. The van der Waals surface area contributed by atoms with Crippen LogP contribution in [0.2, 0.25) is 0 Å². The Hall–Kier alpha value is -1.36. The van der Waals surface area contributed by atoms with Crippen LogP contribution in [0.1, 0.15) is 27.7 Å². The number of nitrogens with zero attached hydrogens (tertiary/aromatic N) is 2. The second-order valence-corrected chi connectivity index (χ2v) is 5.18. The number of aromatic nitrogens is 2. The number of nitrogens with two attached hydrogens (primary N) is 1. The summed E-state index contributed by atoms with van der Waals surface area (Å²) >= 11 is 0. The summed E-state index contributed by atoms with van der Waals surface area (Å²) in [7, 11) is 1.80. The van der Waals surface area contributed by atoms with Crippen LogP contribution in [-0.4, -0.2) is 21.2 Å². The lowest BCUT2D eigenvalue weighted by molar-refractivity contribution is -0.126. The van der Waals surface area contributed by atoms with E-state index in [4.69, 9.17) is 5.73 Å². The molecule has 0 radical (unpaired) electrons. The number of carbonyl (C=O) groups is 1. The van der Waals surface area contributed by atoms with Crippen LogP contribution in [0.4, 0.5) is 5.82 Å². The molecule has 0 unspecified atom stereocenters. The lowest BCUT2D eigenvalue weighted by atomic mass is 9.74. The van der Waals surface area contributed by atoms with Crippen LogP contribution in [-0.2, 0) is 11.8 Å². The van der Waals surface area contributed by atoms with Crippen LogP contribution in [0.15, 0.2) is 12.3 Å². The van der Waals surface area contributed by atoms with Gasteiger partial charge in [0.15, 0.2) is 5.82 Å². The normalized spacial score (nSPS) is 12.6. The third-order valence-electron chi connectivity index (χ3n) is 3.13. The van der Waals surface area contributed by atoms with Gasteiger partial charge in [0.05, 0.1) is 5.41 Å². The molecule has 0 saturated carbocycles. The van der Waals surface area contributed by atoms with Gasteiger partial charge in [-0.05, 0) is 27.7 Å². The molecular formula is C11H20N4O. The molecule has 1 aromatic rings. The highest BCUT2D eigenvalue weighted by Gasteiger charge is 2.40.